The molecular weight excluding hydrogens is 252 g/mol. The molecule has 1 aliphatic heterocycles. The minimum Gasteiger partial charge on any atom is -0.479 e. The highest BCUT2D eigenvalue weighted by Gasteiger charge is 2.33. The molecule has 0 bridgehead atoms. The zero-order valence-corrected chi connectivity index (χ0v) is 9.76. The van der Waals surface area contributed by atoms with E-state index in [1.807, 2.05) is 0 Å². The van der Waals surface area contributed by atoms with E-state index in [2.05, 4.69) is 0 Å². The van der Waals surface area contributed by atoms with Crippen LogP contribution in [0.2, 0.25) is 0 Å². The van der Waals surface area contributed by atoms with Crippen LogP contribution in [0.15, 0.2) is 0 Å². The Hall–Kier alpha value is -1.19. The number of rotatable bonds is 5. The lowest BCUT2D eigenvalue weighted by molar-refractivity contribution is -0.148. The zero-order chi connectivity index (χ0) is 13.2. The number of β-amino-alcohol motifs (C(OH)–C–C–N with tert-alkyl or cyclic N) is 1. The van der Waals surface area contributed by atoms with Gasteiger partial charge in [-0.2, -0.15) is 0 Å². The number of nitrogens with two attached hydrogens (primary N) is 1. The highest BCUT2D eigenvalue weighted by atomic mass is 32.2. The highest BCUT2D eigenvalue weighted by molar-refractivity contribution is 7.89. The molecule has 1 heterocycles. The van der Waals surface area contributed by atoms with E-state index in [1.54, 1.807) is 0 Å². The third-order valence-electron chi connectivity index (χ3n) is 2.44. The third kappa shape index (κ3) is 4.29. The summed E-state index contributed by atoms with van der Waals surface area (Å²) in [7, 11) is -3.66. The van der Waals surface area contributed by atoms with E-state index < -0.39 is 28.0 Å². The molecule has 9 heteroatoms. The predicted octanol–water partition coefficient (Wildman–Crippen LogP) is -2.43. The molecule has 8 nitrogen and oxygen atoms in total. The maximum atomic E-state index is 11.4. The lowest BCUT2D eigenvalue weighted by Gasteiger charge is -2.18. The van der Waals surface area contributed by atoms with Crippen LogP contribution in [0, 0.1) is 5.92 Å². The van der Waals surface area contributed by atoms with E-state index in [1.165, 1.54) is 0 Å². The van der Waals surface area contributed by atoms with Gasteiger partial charge in [-0.25, -0.2) is 18.4 Å². The zero-order valence-electron chi connectivity index (χ0n) is 8.94. The number of carboxylic acid groups (broad SMARTS) is 1. The van der Waals surface area contributed by atoms with Crippen LogP contribution < -0.4 is 5.14 Å². The molecule has 1 fully saturated rings. The topological polar surface area (TPSA) is 138 Å². The normalized spacial score (nSPS) is 22.8. The molecule has 0 radical (unpaired) electrons. The lowest BCUT2D eigenvalue weighted by Crippen LogP contribution is -2.38. The first-order chi connectivity index (χ1) is 7.69. The molecule has 2 unspecified atom stereocenters. The summed E-state index contributed by atoms with van der Waals surface area (Å²) in [4.78, 5) is 22.9. The number of amides is 1. The first-order valence-corrected chi connectivity index (χ1v) is 6.59. The number of nitrogens with zero attached hydrogens (tertiary/aromatic N) is 1. The predicted molar refractivity (Wildman–Crippen MR) is 56.3 cm³/mol. The van der Waals surface area contributed by atoms with Gasteiger partial charge >= 0.3 is 5.97 Å². The molecule has 0 aromatic rings. The van der Waals surface area contributed by atoms with Crippen LogP contribution in [-0.2, 0) is 19.6 Å². The summed E-state index contributed by atoms with van der Waals surface area (Å²) in [6, 6.07) is 0. The Morgan fingerprint density at radius 1 is 1.59 bits per heavy atom. The van der Waals surface area contributed by atoms with Gasteiger partial charge in [-0.3, -0.25) is 4.79 Å². The monoisotopic (exact) mass is 266 g/mol. The van der Waals surface area contributed by atoms with Crippen LogP contribution in [0.4, 0.5) is 0 Å². The van der Waals surface area contributed by atoms with E-state index in [0.717, 1.165) is 4.90 Å². The van der Waals surface area contributed by atoms with Gasteiger partial charge in [0.2, 0.25) is 15.9 Å². The first kappa shape index (κ1) is 13.9. The van der Waals surface area contributed by atoms with E-state index in [-0.39, 0.29) is 31.2 Å². The molecule has 0 aromatic carbocycles. The summed E-state index contributed by atoms with van der Waals surface area (Å²) in [5.74, 6) is -2.57. The van der Waals surface area contributed by atoms with Crippen molar-refractivity contribution in [3.05, 3.63) is 0 Å². The molecule has 1 aliphatic rings. The first-order valence-electron chi connectivity index (χ1n) is 4.88. The number of hydrogen-bond acceptors (Lipinski definition) is 5. The number of primary sulfonamides is 1. The molecular formula is C8H14N2O6S. The number of carboxylic acids is 1. The molecule has 0 spiro atoms. The van der Waals surface area contributed by atoms with Gasteiger partial charge in [-0.1, -0.05) is 0 Å². The molecule has 17 heavy (non-hydrogen) atoms. The third-order valence-corrected chi connectivity index (χ3v) is 3.38. The van der Waals surface area contributed by atoms with E-state index >= 15 is 0 Å². The summed E-state index contributed by atoms with van der Waals surface area (Å²) < 4.78 is 21.7. The molecule has 4 N–H and O–H groups in total. The summed E-state index contributed by atoms with van der Waals surface area (Å²) in [5, 5.41) is 22.4. The van der Waals surface area contributed by atoms with Gasteiger partial charge in [0, 0.05) is 18.9 Å². The van der Waals surface area contributed by atoms with Crippen LogP contribution in [0.25, 0.3) is 0 Å². The van der Waals surface area contributed by atoms with Gasteiger partial charge in [0.15, 0.2) is 6.10 Å². The summed E-state index contributed by atoms with van der Waals surface area (Å²) in [5.41, 5.74) is 0. The molecule has 2 atom stereocenters. The smallest absolute Gasteiger partial charge is 0.334 e. The van der Waals surface area contributed by atoms with Crippen LogP contribution >= 0.6 is 0 Å². The number of aliphatic carboxylic acids is 1. The van der Waals surface area contributed by atoms with Crippen LogP contribution in [0.1, 0.15) is 6.42 Å². The number of carbonyl (C=O) groups is 2. The van der Waals surface area contributed by atoms with Crippen LogP contribution in [-0.4, -0.2) is 60.4 Å². The fourth-order valence-corrected chi connectivity index (χ4v) is 2.64. The van der Waals surface area contributed by atoms with Gasteiger partial charge in [0.25, 0.3) is 0 Å². The second kappa shape index (κ2) is 4.98. The van der Waals surface area contributed by atoms with Crippen molar-refractivity contribution < 1.29 is 28.2 Å². The van der Waals surface area contributed by atoms with Crippen LogP contribution in [0.3, 0.4) is 0 Å². The second-order valence-corrected chi connectivity index (χ2v) is 5.71. The van der Waals surface area contributed by atoms with E-state index in [9.17, 15) is 18.0 Å². The number of likely N-dealkylation sites (tertiary alicyclic amines) is 1. The van der Waals surface area contributed by atoms with Crippen molar-refractivity contribution in [3.63, 3.8) is 0 Å². The van der Waals surface area contributed by atoms with Crippen LogP contribution in [0.5, 0.6) is 0 Å². The molecule has 0 aromatic heterocycles. The molecule has 98 valence electrons. The number of sulfonamides is 1. The van der Waals surface area contributed by atoms with Gasteiger partial charge in [0.05, 0.1) is 12.3 Å². The molecule has 1 amide bonds. The second-order valence-electron chi connectivity index (χ2n) is 4.05. The Kier molecular flexibility index (Phi) is 4.07. The number of hydrogen-bond donors (Lipinski definition) is 3. The quantitative estimate of drug-likeness (QED) is 0.505. The van der Waals surface area contributed by atoms with Crippen molar-refractivity contribution in [1.82, 2.24) is 4.90 Å². The Morgan fingerprint density at radius 3 is 2.65 bits per heavy atom. The van der Waals surface area contributed by atoms with Crippen molar-refractivity contribution in [1.29, 1.82) is 0 Å². The minimum atomic E-state index is -3.66. The lowest BCUT2D eigenvalue weighted by atomic mass is 10.1. The SMILES string of the molecule is NS(=O)(=O)CC1CC(=O)N(CC(O)C(=O)O)C1. The number of carbonyl (C=O) groups excluding carboxylic acids is 1. The fraction of sp³-hybridized carbons (Fsp3) is 0.750. The van der Waals surface area contributed by atoms with Crippen molar-refractivity contribution >= 4 is 21.9 Å². The van der Waals surface area contributed by atoms with Crippen molar-refractivity contribution in [2.45, 2.75) is 12.5 Å². The Bertz CT molecular complexity index is 420. The van der Waals surface area contributed by atoms with E-state index in [4.69, 9.17) is 15.4 Å². The molecule has 0 aliphatic carbocycles. The van der Waals surface area contributed by atoms with Gasteiger partial charge < -0.3 is 15.1 Å². The Balaban J connectivity index is 2.56. The number of aliphatic hydroxyl groups excluding tert-OH is 1. The summed E-state index contributed by atoms with van der Waals surface area (Å²) >= 11 is 0. The fourth-order valence-electron chi connectivity index (χ4n) is 1.76. The van der Waals surface area contributed by atoms with Gasteiger partial charge in [-0.05, 0) is 0 Å². The molecule has 1 saturated heterocycles. The summed E-state index contributed by atoms with van der Waals surface area (Å²) in [6.07, 6.45) is -1.66. The van der Waals surface area contributed by atoms with Crippen molar-refractivity contribution in [2.24, 2.45) is 11.1 Å². The van der Waals surface area contributed by atoms with E-state index in [0.29, 0.717) is 0 Å². The number of aliphatic hydroxyl groups is 1. The molecule has 0 saturated carbocycles. The van der Waals surface area contributed by atoms with Gasteiger partial charge in [0.1, 0.15) is 0 Å². The standard InChI is InChI=1S/C8H14N2O6S/c9-17(15,16)4-5-1-7(12)10(2-5)3-6(11)8(13)14/h5-6,11H,1-4H2,(H,13,14)(H2,9,15,16). The minimum absolute atomic E-state index is 0.00275. The summed E-state index contributed by atoms with van der Waals surface area (Å²) in [6.45, 7) is -0.241. The maximum Gasteiger partial charge on any atom is 0.334 e. The molecule has 1 rings (SSSR count). The highest BCUT2D eigenvalue weighted by Crippen LogP contribution is 2.19. The largest absolute Gasteiger partial charge is 0.479 e. The van der Waals surface area contributed by atoms with Crippen molar-refractivity contribution in [2.75, 3.05) is 18.8 Å². The van der Waals surface area contributed by atoms with Crippen molar-refractivity contribution in [3.8, 4) is 0 Å². The maximum absolute atomic E-state index is 11.4. The Morgan fingerprint density at radius 2 is 2.18 bits per heavy atom. The average Bonchev–Trinajstić information content (AvgIpc) is 2.43. The average molecular weight is 266 g/mol. The van der Waals surface area contributed by atoms with Gasteiger partial charge in [-0.15, -0.1) is 0 Å². The Labute approximate surface area is 98.1 Å².